The Bertz CT molecular complexity index is 1590. The average Bonchev–Trinajstić information content (AvgIpc) is 3.07. The Morgan fingerprint density at radius 2 is 0.837 bits per heavy atom. The molecule has 0 aliphatic rings. The van der Waals surface area contributed by atoms with E-state index in [1.165, 1.54) is 0 Å². The average molecular weight is 624 g/mol. The minimum atomic E-state index is 1.10. The molecule has 0 fully saturated rings. The van der Waals surface area contributed by atoms with Crippen molar-refractivity contribution in [3.63, 3.8) is 0 Å². The van der Waals surface area contributed by atoms with Crippen molar-refractivity contribution in [1.29, 1.82) is 0 Å². The van der Waals surface area contributed by atoms with Crippen molar-refractivity contribution in [3.05, 3.63) is 199 Å². The smallest absolute Gasteiger partial charge is 0.0467 e. The molecule has 0 unspecified atom stereocenters. The SMILES string of the molecule is C=Cc1cccc(Br)c1.C=Cc1cccc(N(c2ccccc2)c2ccccc2)c1.c1ccc(Nc2ccccc2)cc1. The molecule has 2 nitrogen and oxygen atoms in total. The summed E-state index contributed by atoms with van der Waals surface area (Å²) in [6.07, 6.45) is 3.70. The molecule has 0 amide bonds. The van der Waals surface area contributed by atoms with Gasteiger partial charge in [0.1, 0.15) is 0 Å². The zero-order valence-electron chi connectivity index (χ0n) is 24.1. The van der Waals surface area contributed by atoms with Crippen molar-refractivity contribution in [2.45, 2.75) is 0 Å². The Labute approximate surface area is 264 Å². The second kappa shape index (κ2) is 17.0. The van der Waals surface area contributed by atoms with Crippen molar-refractivity contribution < 1.29 is 0 Å². The molecule has 1 N–H and O–H groups in total. The quantitative estimate of drug-likeness (QED) is 0.190. The fourth-order valence-electron chi connectivity index (χ4n) is 4.24. The summed E-state index contributed by atoms with van der Waals surface area (Å²) in [6, 6.07) is 57.5. The molecule has 0 spiro atoms. The van der Waals surface area contributed by atoms with E-state index in [9.17, 15) is 0 Å². The number of para-hydroxylation sites is 4. The predicted molar refractivity (Wildman–Crippen MR) is 192 cm³/mol. The molecule has 6 rings (SSSR count). The number of halogens is 1. The van der Waals surface area contributed by atoms with Crippen LogP contribution < -0.4 is 10.2 Å². The van der Waals surface area contributed by atoms with Gasteiger partial charge in [0.05, 0.1) is 0 Å². The van der Waals surface area contributed by atoms with Crippen LogP contribution in [0, 0.1) is 0 Å². The Morgan fingerprint density at radius 3 is 1.26 bits per heavy atom. The first-order valence-corrected chi connectivity index (χ1v) is 14.8. The van der Waals surface area contributed by atoms with Gasteiger partial charge in [-0.3, -0.25) is 0 Å². The minimum absolute atomic E-state index is 1.10. The molecule has 212 valence electrons. The molecular formula is C40H35BrN2. The van der Waals surface area contributed by atoms with Crippen LogP contribution in [0.2, 0.25) is 0 Å². The summed E-state index contributed by atoms with van der Waals surface area (Å²) in [6.45, 7) is 7.51. The number of benzene rings is 6. The lowest BCUT2D eigenvalue weighted by Gasteiger charge is -2.25. The van der Waals surface area contributed by atoms with E-state index < -0.39 is 0 Å². The normalized spacial score (nSPS) is 9.70. The summed E-state index contributed by atoms with van der Waals surface area (Å²) in [7, 11) is 0. The molecule has 0 aliphatic carbocycles. The summed E-state index contributed by atoms with van der Waals surface area (Å²) in [5.74, 6) is 0. The van der Waals surface area contributed by atoms with Crippen LogP contribution in [0.3, 0.4) is 0 Å². The predicted octanol–water partition coefficient (Wildman–Crippen LogP) is 12.3. The van der Waals surface area contributed by atoms with Gasteiger partial charge in [-0.2, -0.15) is 0 Å². The zero-order valence-corrected chi connectivity index (χ0v) is 25.6. The Morgan fingerprint density at radius 1 is 0.442 bits per heavy atom. The van der Waals surface area contributed by atoms with E-state index in [1.807, 2.05) is 109 Å². The van der Waals surface area contributed by atoms with Crippen molar-refractivity contribution in [2.24, 2.45) is 0 Å². The van der Waals surface area contributed by atoms with Crippen molar-refractivity contribution in [3.8, 4) is 0 Å². The Kier molecular flexibility index (Phi) is 12.2. The first kappa shape index (κ1) is 30.8. The van der Waals surface area contributed by atoms with Gasteiger partial charge in [-0.15, -0.1) is 0 Å². The van der Waals surface area contributed by atoms with Gasteiger partial charge in [0.2, 0.25) is 0 Å². The van der Waals surface area contributed by atoms with Crippen LogP contribution in [0.4, 0.5) is 28.4 Å². The van der Waals surface area contributed by atoms with Gasteiger partial charge >= 0.3 is 0 Å². The molecule has 0 saturated carbocycles. The van der Waals surface area contributed by atoms with Gasteiger partial charge in [-0.25, -0.2) is 0 Å². The second-order valence-electron chi connectivity index (χ2n) is 9.42. The largest absolute Gasteiger partial charge is 0.356 e. The fraction of sp³-hybridized carbons (Fsp3) is 0. The summed E-state index contributed by atoms with van der Waals surface area (Å²) in [4.78, 5) is 2.24. The summed E-state index contributed by atoms with van der Waals surface area (Å²) < 4.78 is 1.10. The van der Waals surface area contributed by atoms with E-state index in [2.05, 4.69) is 112 Å². The van der Waals surface area contributed by atoms with Crippen molar-refractivity contribution in [1.82, 2.24) is 0 Å². The van der Waals surface area contributed by atoms with E-state index in [-0.39, 0.29) is 0 Å². The minimum Gasteiger partial charge on any atom is -0.356 e. The molecule has 0 aromatic heterocycles. The summed E-state index contributed by atoms with van der Waals surface area (Å²) in [5, 5.41) is 3.30. The monoisotopic (exact) mass is 622 g/mol. The second-order valence-corrected chi connectivity index (χ2v) is 10.3. The van der Waals surface area contributed by atoms with Crippen LogP contribution in [0.1, 0.15) is 11.1 Å². The molecule has 0 aliphatic heterocycles. The third kappa shape index (κ3) is 10.0. The van der Waals surface area contributed by atoms with Gasteiger partial charge in [0.25, 0.3) is 0 Å². The van der Waals surface area contributed by atoms with Crippen LogP contribution in [0.25, 0.3) is 12.2 Å². The lowest BCUT2D eigenvalue weighted by molar-refractivity contribution is 1.28. The third-order valence-electron chi connectivity index (χ3n) is 6.31. The highest BCUT2D eigenvalue weighted by molar-refractivity contribution is 9.10. The highest BCUT2D eigenvalue weighted by Gasteiger charge is 2.11. The van der Waals surface area contributed by atoms with Gasteiger partial charge in [0.15, 0.2) is 0 Å². The number of hydrogen-bond acceptors (Lipinski definition) is 2. The molecular weight excluding hydrogens is 588 g/mol. The molecule has 0 bridgehead atoms. The van der Waals surface area contributed by atoms with Crippen molar-refractivity contribution in [2.75, 3.05) is 10.2 Å². The maximum Gasteiger partial charge on any atom is 0.0467 e. The lowest BCUT2D eigenvalue weighted by atomic mass is 10.1. The molecule has 6 aromatic rings. The standard InChI is InChI=1S/C20H17N.C12H11N.C8H7Br/c1-2-17-10-9-15-20(16-17)21(18-11-5-3-6-12-18)19-13-7-4-8-14-19;1-3-7-11(8-4-1)13-12-9-5-2-6-10-12;1-2-7-4-3-5-8(9)6-7/h2-16H,1H2;1-10,13H;2-6H,1H2. The van der Waals surface area contributed by atoms with Crippen molar-refractivity contribution >= 4 is 56.5 Å². The Balaban J connectivity index is 0.000000163. The van der Waals surface area contributed by atoms with E-state index in [4.69, 9.17) is 0 Å². The Hall–Kier alpha value is -5.12. The molecule has 43 heavy (non-hydrogen) atoms. The first-order chi connectivity index (χ1) is 21.2. The number of anilines is 5. The lowest BCUT2D eigenvalue weighted by Crippen LogP contribution is -2.09. The van der Waals surface area contributed by atoms with Gasteiger partial charge in [0, 0.05) is 32.9 Å². The number of hydrogen-bond donors (Lipinski definition) is 1. The van der Waals surface area contributed by atoms with Gasteiger partial charge < -0.3 is 10.2 Å². The number of rotatable bonds is 7. The maximum atomic E-state index is 3.86. The van der Waals surface area contributed by atoms with Crippen LogP contribution in [0.15, 0.2) is 187 Å². The summed E-state index contributed by atoms with van der Waals surface area (Å²) >= 11 is 3.36. The zero-order chi connectivity index (χ0) is 30.1. The molecule has 3 heteroatoms. The molecule has 0 atom stereocenters. The first-order valence-electron chi connectivity index (χ1n) is 14.0. The summed E-state index contributed by atoms with van der Waals surface area (Å²) in [5.41, 5.74) is 7.91. The fourth-order valence-corrected chi connectivity index (χ4v) is 4.65. The number of nitrogens with zero attached hydrogens (tertiary/aromatic N) is 1. The van der Waals surface area contributed by atoms with Gasteiger partial charge in [-0.1, -0.05) is 138 Å². The van der Waals surface area contributed by atoms with Crippen LogP contribution >= 0.6 is 15.9 Å². The van der Waals surface area contributed by atoms with Crippen LogP contribution in [-0.4, -0.2) is 0 Å². The van der Waals surface area contributed by atoms with E-state index >= 15 is 0 Å². The highest BCUT2D eigenvalue weighted by Crippen LogP contribution is 2.34. The van der Waals surface area contributed by atoms with Crippen LogP contribution in [-0.2, 0) is 0 Å². The molecule has 0 radical (unpaired) electrons. The topological polar surface area (TPSA) is 15.3 Å². The van der Waals surface area contributed by atoms with E-state index in [0.29, 0.717) is 0 Å². The maximum absolute atomic E-state index is 3.86. The molecule has 0 saturated heterocycles. The molecule has 0 heterocycles. The number of nitrogens with one attached hydrogen (secondary N) is 1. The highest BCUT2D eigenvalue weighted by atomic mass is 79.9. The third-order valence-corrected chi connectivity index (χ3v) is 6.81. The van der Waals surface area contributed by atoms with E-state index in [1.54, 1.807) is 0 Å². The molecule has 6 aromatic carbocycles. The van der Waals surface area contributed by atoms with Gasteiger partial charge in [-0.05, 0) is 83.9 Å². The van der Waals surface area contributed by atoms with Crippen LogP contribution in [0.5, 0.6) is 0 Å². The van der Waals surface area contributed by atoms with E-state index in [0.717, 1.165) is 44.0 Å².